The van der Waals surface area contributed by atoms with Crippen molar-refractivity contribution < 1.29 is 41.0 Å². The second kappa shape index (κ2) is 11.0. The van der Waals surface area contributed by atoms with Gasteiger partial charge in [-0.1, -0.05) is 11.6 Å². The maximum atomic E-state index is 13.7. The molecule has 2 aliphatic carbocycles. The quantitative estimate of drug-likeness (QED) is 0.413. The fraction of sp³-hybridized carbons (Fsp3) is 0.481. The summed E-state index contributed by atoms with van der Waals surface area (Å²) in [6.07, 6.45) is 1.98. The van der Waals surface area contributed by atoms with Gasteiger partial charge in [-0.15, -0.1) is 0 Å². The normalized spacial score (nSPS) is 27.9. The summed E-state index contributed by atoms with van der Waals surface area (Å²) in [5.74, 6) is -6.67. The first-order valence-electron chi connectivity index (χ1n) is 13.0. The molecular formula is C27H28ClF3N2O6S. The summed E-state index contributed by atoms with van der Waals surface area (Å²) in [7, 11) is -4.07. The van der Waals surface area contributed by atoms with E-state index in [2.05, 4.69) is 10.6 Å². The number of halogens is 4. The van der Waals surface area contributed by atoms with Crippen LogP contribution in [0.1, 0.15) is 48.9 Å². The van der Waals surface area contributed by atoms with E-state index in [1.807, 2.05) is 0 Å². The van der Waals surface area contributed by atoms with Crippen molar-refractivity contribution in [2.24, 2.45) is 11.8 Å². The summed E-state index contributed by atoms with van der Waals surface area (Å²) >= 11 is 6.25. The van der Waals surface area contributed by atoms with Gasteiger partial charge in [0.25, 0.3) is 5.91 Å². The molecule has 0 aromatic heterocycles. The van der Waals surface area contributed by atoms with Crippen LogP contribution in [0.5, 0.6) is 0 Å². The van der Waals surface area contributed by atoms with Crippen molar-refractivity contribution in [2.45, 2.75) is 60.3 Å². The highest BCUT2D eigenvalue weighted by molar-refractivity contribution is 7.92. The predicted molar refractivity (Wildman–Crippen MR) is 139 cm³/mol. The molecule has 0 spiro atoms. The van der Waals surface area contributed by atoms with Gasteiger partial charge in [-0.2, -0.15) is 0 Å². The van der Waals surface area contributed by atoms with Gasteiger partial charge >= 0.3 is 0 Å². The number of aliphatic hydroxyl groups is 1. The van der Waals surface area contributed by atoms with Gasteiger partial charge in [-0.05, 0) is 62.1 Å². The average molecular weight is 601 g/mol. The number of sulfone groups is 1. The molecule has 1 saturated heterocycles. The lowest BCUT2D eigenvalue weighted by molar-refractivity contribution is -0.133. The monoisotopic (exact) mass is 600 g/mol. The summed E-state index contributed by atoms with van der Waals surface area (Å²) < 4.78 is 73.1. The molecule has 40 heavy (non-hydrogen) atoms. The van der Waals surface area contributed by atoms with Crippen molar-refractivity contribution >= 4 is 38.9 Å². The minimum absolute atomic E-state index is 0.0989. The molecule has 1 heterocycles. The van der Waals surface area contributed by atoms with Crippen LogP contribution < -0.4 is 10.6 Å². The highest BCUT2D eigenvalue weighted by atomic mass is 35.5. The van der Waals surface area contributed by atoms with E-state index in [1.165, 1.54) is 12.1 Å². The van der Waals surface area contributed by atoms with Crippen LogP contribution in [0.2, 0.25) is 5.02 Å². The van der Waals surface area contributed by atoms with E-state index in [0.717, 1.165) is 6.07 Å². The van der Waals surface area contributed by atoms with Gasteiger partial charge in [0.15, 0.2) is 27.3 Å². The van der Waals surface area contributed by atoms with Crippen molar-refractivity contribution in [2.75, 3.05) is 18.5 Å². The molecule has 2 aromatic carbocycles. The molecule has 13 heteroatoms. The highest BCUT2D eigenvalue weighted by Crippen LogP contribution is 2.53. The number of amides is 2. The third-order valence-corrected chi connectivity index (χ3v) is 10.9. The lowest BCUT2D eigenvalue weighted by Gasteiger charge is -2.42. The molecule has 2 bridgehead atoms. The van der Waals surface area contributed by atoms with Gasteiger partial charge in [-0.25, -0.2) is 21.6 Å². The summed E-state index contributed by atoms with van der Waals surface area (Å²) in [6.45, 7) is 0.988. The number of hydrogen-bond donors (Lipinski definition) is 3. The Bertz CT molecular complexity index is 1410. The number of nitrogens with one attached hydrogen (secondary N) is 2. The molecule has 2 unspecified atom stereocenters. The van der Waals surface area contributed by atoms with Crippen molar-refractivity contribution in [3.63, 3.8) is 0 Å². The lowest BCUT2D eigenvalue weighted by Crippen LogP contribution is -2.51. The lowest BCUT2D eigenvalue weighted by atomic mass is 9.72. The zero-order chi connectivity index (χ0) is 28.8. The van der Waals surface area contributed by atoms with E-state index in [4.69, 9.17) is 16.3 Å². The Balaban J connectivity index is 1.32. The summed E-state index contributed by atoms with van der Waals surface area (Å²) in [5, 5.41) is 15.6. The van der Waals surface area contributed by atoms with E-state index in [-0.39, 0.29) is 52.4 Å². The maximum absolute atomic E-state index is 13.7. The number of hydrogen-bond acceptors (Lipinski definition) is 6. The van der Waals surface area contributed by atoms with Crippen LogP contribution in [0.15, 0.2) is 35.2 Å². The first kappa shape index (κ1) is 28.8. The molecule has 8 nitrogen and oxygen atoms in total. The Kier molecular flexibility index (Phi) is 7.90. The second-order valence-electron chi connectivity index (χ2n) is 10.8. The van der Waals surface area contributed by atoms with Crippen LogP contribution in [0.4, 0.5) is 18.9 Å². The van der Waals surface area contributed by atoms with E-state index in [9.17, 15) is 36.3 Å². The molecule has 2 saturated carbocycles. The van der Waals surface area contributed by atoms with E-state index in [1.54, 1.807) is 0 Å². The van der Waals surface area contributed by atoms with Crippen LogP contribution in [0.3, 0.4) is 0 Å². The topological polar surface area (TPSA) is 122 Å². The van der Waals surface area contributed by atoms with Gasteiger partial charge < -0.3 is 20.5 Å². The fourth-order valence-electron chi connectivity index (χ4n) is 6.21. The molecule has 2 aromatic rings. The number of fused-ring (bicyclic) bond motifs is 2. The minimum atomic E-state index is -4.07. The number of carbonyl (C=O) groups excluding carboxylic acids is 2. The smallest absolute Gasteiger partial charge is 0.255 e. The van der Waals surface area contributed by atoms with Crippen molar-refractivity contribution in [3.8, 4) is 0 Å². The van der Waals surface area contributed by atoms with Gasteiger partial charge in [0.1, 0.15) is 0 Å². The Morgan fingerprint density at radius 3 is 2.30 bits per heavy atom. The van der Waals surface area contributed by atoms with E-state index >= 15 is 0 Å². The molecule has 2 amide bonds. The van der Waals surface area contributed by atoms with Gasteiger partial charge in [0.2, 0.25) is 5.91 Å². The van der Waals surface area contributed by atoms with Gasteiger partial charge in [-0.3, -0.25) is 9.59 Å². The number of carbonyl (C=O) groups is 2. The standard InChI is InChI=1S/C27H28ClF3N2O6S/c28-20-4-1-14(26(35)33-18-10-21(29)25(31)22(30)11-18)7-23(20)40(37,38)19-8-15-2-3-16(9-19)27(15,36)12-24(34)32-17-5-6-39-13-17/h1,4,7,10-11,15-17,19,36H,2-3,5-6,8-9,12-13H2,(H,32,34)(H,33,35)/t15?,16?,17-,19-,27-/m1/s1. The molecule has 3 fully saturated rings. The van der Waals surface area contributed by atoms with Gasteiger partial charge in [0, 0.05) is 30.0 Å². The summed E-state index contributed by atoms with van der Waals surface area (Å²) in [5.41, 5.74) is -1.81. The van der Waals surface area contributed by atoms with E-state index in [0.29, 0.717) is 44.6 Å². The molecule has 5 rings (SSSR count). The SMILES string of the molecule is O=C(C[C@]1(O)C2CCC1C[C@@H](S(=O)(=O)c1cc(C(=O)Nc3cc(F)c(F)c(F)c3)ccc1Cl)C2)N[C@@H]1CCOC1. The Labute approximate surface area is 234 Å². The first-order chi connectivity index (χ1) is 18.9. The average Bonchev–Trinajstić information content (AvgIpc) is 3.41. The highest BCUT2D eigenvalue weighted by Gasteiger charge is 2.56. The Morgan fingerprint density at radius 2 is 1.70 bits per heavy atom. The molecular weight excluding hydrogens is 573 g/mol. The molecule has 0 radical (unpaired) electrons. The van der Waals surface area contributed by atoms with Crippen LogP contribution in [-0.4, -0.2) is 55.4 Å². The maximum Gasteiger partial charge on any atom is 0.255 e. The predicted octanol–water partition coefficient (Wildman–Crippen LogP) is 4.00. The van der Waals surface area contributed by atoms with Crippen LogP contribution >= 0.6 is 11.6 Å². The molecule has 216 valence electrons. The van der Waals surface area contributed by atoms with Gasteiger partial charge in [0.05, 0.1) is 39.8 Å². The second-order valence-corrected chi connectivity index (χ2v) is 13.4. The number of ether oxygens (including phenoxy) is 1. The van der Waals surface area contributed by atoms with Crippen molar-refractivity contribution in [3.05, 3.63) is 58.4 Å². The Morgan fingerprint density at radius 1 is 1.05 bits per heavy atom. The van der Waals surface area contributed by atoms with Crippen LogP contribution in [0.25, 0.3) is 0 Å². The van der Waals surface area contributed by atoms with Crippen molar-refractivity contribution in [1.29, 1.82) is 0 Å². The fourth-order valence-corrected chi connectivity index (χ4v) is 8.61. The third-order valence-electron chi connectivity index (χ3n) is 8.29. The minimum Gasteiger partial charge on any atom is -0.389 e. The summed E-state index contributed by atoms with van der Waals surface area (Å²) in [4.78, 5) is 25.1. The largest absolute Gasteiger partial charge is 0.389 e. The molecule has 3 aliphatic rings. The Hall–Kier alpha value is -2.67. The number of anilines is 1. The number of rotatable bonds is 7. The number of benzene rings is 2. The molecule has 3 N–H and O–H groups in total. The van der Waals surface area contributed by atoms with E-state index < -0.39 is 55.9 Å². The van der Waals surface area contributed by atoms with Crippen LogP contribution in [-0.2, 0) is 19.4 Å². The van der Waals surface area contributed by atoms with Crippen LogP contribution in [0, 0.1) is 29.3 Å². The molecule has 3 atom stereocenters. The first-order valence-corrected chi connectivity index (χ1v) is 14.9. The molecule has 1 aliphatic heterocycles. The van der Waals surface area contributed by atoms with Crippen molar-refractivity contribution in [1.82, 2.24) is 5.32 Å². The summed E-state index contributed by atoms with van der Waals surface area (Å²) in [6, 6.07) is 4.68. The zero-order valence-electron chi connectivity index (χ0n) is 21.3. The zero-order valence-corrected chi connectivity index (χ0v) is 22.8. The third kappa shape index (κ3) is 5.46.